The summed E-state index contributed by atoms with van der Waals surface area (Å²) in [5.74, 6) is 0.881. The highest BCUT2D eigenvalue weighted by atomic mass is 16.5. The molecule has 18 heavy (non-hydrogen) atoms. The van der Waals surface area contributed by atoms with Gasteiger partial charge in [0, 0.05) is 32.8 Å². The lowest BCUT2D eigenvalue weighted by Crippen LogP contribution is -2.41. The van der Waals surface area contributed by atoms with Gasteiger partial charge in [-0.3, -0.25) is 0 Å². The van der Waals surface area contributed by atoms with Crippen LogP contribution in [-0.4, -0.2) is 50.2 Å². The van der Waals surface area contributed by atoms with E-state index in [9.17, 15) is 5.11 Å². The molecule has 2 aliphatic heterocycles. The van der Waals surface area contributed by atoms with Crippen LogP contribution in [0.4, 0.5) is 0 Å². The van der Waals surface area contributed by atoms with Gasteiger partial charge in [0.15, 0.2) is 0 Å². The quantitative estimate of drug-likeness (QED) is 0.676. The Morgan fingerprint density at radius 3 is 2.67 bits per heavy atom. The van der Waals surface area contributed by atoms with Crippen LogP contribution in [0, 0.1) is 5.92 Å². The Balaban J connectivity index is 1.43. The van der Waals surface area contributed by atoms with Gasteiger partial charge < -0.3 is 19.9 Å². The number of nitrogens with one attached hydrogen (secondary N) is 1. The Morgan fingerprint density at radius 2 is 1.94 bits per heavy atom. The molecule has 0 spiro atoms. The molecule has 0 bridgehead atoms. The Labute approximate surface area is 110 Å². The molecule has 0 radical (unpaired) electrons. The van der Waals surface area contributed by atoms with Crippen LogP contribution >= 0.6 is 0 Å². The molecule has 0 aromatic rings. The van der Waals surface area contributed by atoms with E-state index in [-0.39, 0.29) is 0 Å². The molecule has 0 aromatic heterocycles. The van der Waals surface area contributed by atoms with Crippen LogP contribution in [0.1, 0.15) is 38.5 Å². The molecule has 2 saturated heterocycles. The largest absolute Gasteiger partial charge is 0.386 e. The third kappa shape index (κ3) is 4.84. The van der Waals surface area contributed by atoms with E-state index in [1.807, 2.05) is 0 Å². The van der Waals surface area contributed by atoms with Crippen molar-refractivity contribution in [3.63, 3.8) is 0 Å². The molecule has 106 valence electrons. The van der Waals surface area contributed by atoms with E-state index in [1.54, 1.807) is 0 Å². The second kappa shape index (κ2) is 7.43. The minimum Gasteiger partial charge on any atom is -0.386 e. The summed E-state index contributed by atoms with van der Waals surface area (Å²) in [7, 11) is 0. The average Bonchev–Trinajstić information content (AvgIpc) is 2.82. The predicted molar refractivity (Wildman–Crippen MR) is 70.6 cm³/mol. The number of rotatable bonds is 7. The Bertz CT molecular complexity index is 223. The van der Waals surface area contributed by atoms with Gasteiger partial charge in [0.05, 0.1) is 6.61 Å². The normalized spacial score (nSPS) is 29.8. The minimum absolute atomic E-state index is 0.488. The molecule has 2 aliphatic rings. The van der Waals surface area contributed by atoms with Crippen LogP contribution in [-0.2, 0) is 9.47 Å². The van der Waals surface area contributed by atoms with Gasteiger partial charge in [0.25, 0.3) is 0 Å². The first-order valence-corrected chi connectivity index (χ1v) is 7.37. The zero-order valence-corrected chi connectivity index (χ0v) is 11.3. The lowest BCUT2D eigenvalue weighted by atomic mass is 9.94. The van der Waals surface area contributed by atoms with Crippen molar-refractivity contribution in [1.29, 1.82) is 0 Å². The maximum atomic E-state index is 10.1. The van der Waals surface area contributed by atoms with Crippen molar-refractivity contribution in [2.45, 2.75) is 44.1 Å². The zero-order chi connectivity index (χ0) is 12.7. The van der Waals surface area contributed by atoms with Crippen LogP contribution in [0.2, 0.25) is 0 Å². The summed E-state index contributed by atoms with van der Waals surface area (Å²) in [6.45, 7) is 4.77. The number of unbranched alkanes of at least 4 members (excludes halogenated alkanes) is 1. The minimum atomic E-state index is -0.610. The monoisotopic (exact) mass is 257 g/mol. The maximum absolute atomic E-state index is 10.1. The summed E-state index contributed by atoms with van der Waals surface area (Å²) in [5.41, 5.74) is -0.610. The lowest BCUT2D eigenvalue weighted by molar-refractivity contribution is 0.0271. The summed E-state index contributed by atoms with van der Waals surface area (Å²) < 4.78 is 10.6. The predicted octanol–water partition coefficient (Wildman–Crippen LogP) is 1.32. The summed E-state index contributed by atoms with van der Waals surface area (Å²) in [4.78, 5) is 0. The van der Waals surface area contributed by atoms with E-state index in [0.29, 0.717) is 19.8 Å². The SMILES string of the molecule is OC1(CNCCCCC2CCOCC2)CCOC1. The van der Waals surface area contributed by atoms with E-state index in [2.05, 4.69) is 5.32 Å². The Morgan fingerprint density at radius 1 is 1.11 bits per heavy atom. The molecule has 4 nitrogen and oxygen atoms in total. The van der Waals surface area contributed by atoms with Crippen molar-refractivity contribution in [2.75, 3.05) is 39.5 Å². The van der Waals surface area contributed by atoms with Crippen molar-refractivity contribution in [2.24, 2.45) is 5.92 Å². The molecule has 1 unspecified atom stereocenters. The molecule has 4 heteroatoms. The van der Waals surface area contributed by atoms with E-state index in [1.165, 1.54) is 32.1 Å². The molecule has 2 rings (SSSR count). The zero-order valence-electron chi connectivity index (χ0n) is 11.3. The third-order valence-corrected chi connectivity index (χ3v) is 4.09. The molecule has 1 atom stereocenters. The molecule has 2 heterocycles. The summed E-state index contributed by atoms with van der Waals surface area (Å²) >= 11 is 0. The topological polar surface area (TPSA) is 50.7 Å². The molecule has 0 aromatic carbocycles. The Kier molecular flexibility index (Phi) is 5.89. The number of ether oxygens (including phenoxy) is 2. The first-order chi connectivity index (χ1) is 8.79. The van der Waals surface area contributed by atoms with Gasteiger partial charge in [-0.05, 0) is 31.7 Å². The van der Waals surface area contributed by atoms with E-state index in [4.69, 9.17) is 9.47 Å². The third-order valence-electron chi connectivity index (χ3n) is 4.09. The van der Waals surface area contributed by atoms with Crippen LogP contribution in [0.25, 0.3) is 0 Å². The second-order valence-electron chi connectivity index (χ2n) is 5.76. The molecule has 2 N–H and O–H groups in total. The number of aliphatic hydroxyl groups is 1. The van der Waals surface area contributed by atoms with Crippen LogP contribution in [0.3, 0.4) is 0 Å². The Hall–Kier alpha value is -0.160. The smallest absolute Gasteiger partial charge is 0.102 e. The van der Waals surface area contributed by atoms with Crippen molar-refractivity contribution < 1.29 is 14.6 Å². The molecule has 0 aliphatic carbocycles. The van der Waals surface area contributed by atoms with E-state index >= 15 is 0 Å². The van der Waals surface area contributed by atoms with Gasteiger partial charge >= 0.3 is 0 Å². The summed E-state index contributed by atoms with van der Waals surface area (Å²) in [6.07, 6.45) is 7.07. The van der Waals surface area contributed by atoms with Crippen molar-refractivity contribution in [1.82, 2.24) is 5.32 Å². The van der Waals surface area contributed by atoms with Gasteiger partial charge in [0.1, 0.15) is 5.60 Å². The summed E-state index contributed by atoms with van der Waals surface area (Å²) in [5, 5.41) is 13.4. The molecular formula is C14H27NO3. The number of hydrogen-bond donors (Lipinski definition) is 2. The fraction of sp³-hybridized carbons (Fsp3) is 1.00. The van der Waals surface area contributed by atoms with Crippen molar-refractivity contribution >= 4 is 0 Å². The van der Waals surface area contributed by atoms with Gasteiger partial charge in [-0.25, -0.2) is 0 Å². The lowest BCUT2D eigenvalue weighted by Gasteiger charge is -2.22. The molecule has 0 saturated carbocycles. The molecule has 0 amide bonds. The standard InChI is InChI=1S/C14H27NO3/c16-14(6-10-18-12-14)11-15-7-2-1-3-13-4-8-17-9-5-13/h13,15-16H,1-12H2. The van der Waals surface area contributed by atoms with Gasteiger partial charge in [-0.1, -0.05) is 12.8 Å². The maximum Gasteiger partial charge on any atom is 0.102 e. The molecular weight excluding hydrogens is 230 g/mol. The summed E-state index contributed by atoms with van der Waals surface area (Å²) in [6, 6.07) is 0. The van der Waals surface area contributed by atoms with Gasteiger partial charge in [-0.2, -0.15) is 0 Å². The van der Waals surface area contributed by atoms with Crippen molar-refractivity contribution in [3.05, 3.63) is 0 Å². The first-order valence-electron chi connectivity index (χ1n) is 7.37. The fourth-order valence-corrected chi connectivity index (χ4v) is 2.78. The van der Waals surface area contributed by atoms with Crippen LogP contribution in [0.15, 0.2) is 0 Å². The van der Waals surface area contributed by atoms with Crippen LogP contribution < -0.4 is 5.32 Å². The van der Waals surface area contributed by atoms with Crippen molar-refractivity contribution in [3.8, 4) is 0 Å². The highest BCUT2D eigenvalue weighted by Gasteiger charge is 2.31. The fourth-order valence-electron chi connectivity index (χ4n) is 2.78. The average molecular weight is 257 g/mol. The highest BCUT2D eigenvalue weighted by molar-refractivity contribution is 4.84. The molecule has 2 fully saturated rings. The number of hydrogen-bond acceptors (Lipinski definition) is 4. The second-order valence-corrected chi connectivity index (χ2v) is 5.76. The van der Waals surface area contributed by atoms with Gasteiger partial charge in [0.2, 0.25) is 0 Å². The first kappa shape index (κ1) is 14.3. The van der Waals surface area contributed by atoms with Gasteiger partial charge in [-0.15, -0.1) is 0 Å². The van der Waals surface area contributed by atoms with E-state index in [0.717, 1.165) is 32.1 Å². The highest BCUT2D eigenvalue weighted by Crippen LogP contribution is 2.20. The van der Waals surface area contributed by atoms with E-state index < -0.39 is 5.60 Å². The van der Waals surface area contributed by atoms with Crippen LogP contribution in [0.5, 0.6) is 0 Å².